The number of rotatable bonds is 5. The summed E-state index contributed by atoms with van der Waals surface area (Å²) in [7, 11) is 0. The van der Waals surface area contributed by atoms with Gasteiger partial charge in [-0.1, -0.05) is 30.7 Å². The molecule has 1 aliphatic rings. The quantitative estimate of drug-likeness (QED) is 0.875. The molecule has 1 saturated carbocycles. The fraction of sp³-hybridized carbons (Fsp3) is 0.529. The van der Waals surface area contributed by atoms with Crippen molar-refractivity contribution in [1.82, 2.24) is 10.6 Å². The van der Waals surface area contributed by atoms with Gasteiger partial charge in [-0.2, -0.15) is 0 Å². The maximum Gasteiger partial charge on any atom is 0.252 e. The van der Waals surface area contributed by atoms with Crippen molar-refractivity contribution in [2.24, 2.45) is 5.92 Å². The Balaban J connectivity index is 1.69. The number of hydrogen-bond donors (Lipinski definition) is 2. The number of amides is 2. The van der Waals surface area contributed by atoms with Gasteiger partial charge in [0.2, 0.25) is 5.91 Å². The van der Waals surface area contributed by atoms with E-state index in [1.54, 1.807) is 24.3 Å². The summed E-state index contributed by atoms with van der Waals surface area (Å²) in [6.07, 6.45) is 4.75. The lowest BCUT2D eigenvalue weighted by Gasteiger charge is -2.26. The van der Waals surface area contributed by atoms with E-state index in [0.29, 0.717) is 29.6 Å². The fourth-order valence-electron chi connectivity index (χ4n) is 2.73. The number of carbonyl (C=O) groups excluding carboxylic acids is 2. The van der Waals surface area contributed by atoms with Gasteiger partial charge in [0.1, 0.15) is 0 Å². The van der Waals surface area contributed by atoms with Gasteiger partial charge in [0.15, 0.2) is 0 Å². The van der Waals surface area contributed by atoms with Gasteiger partial charge in [-0.3, -0.25) is 9.59 Å². The molecule has 1 aliphatic carbocycles. The third kappa shape index (κ3) is 5.02. The Morgan fingerprint density at radius 2 is 1.86 bits per heavy atom. The third-order valence-electron chi connectivity index (χ3n) is 4.14. The molecule has 0 saturated heterocycles. The normalized spacial score (nSPS) is 21.2. The van der Waals surface area contributed by atoms with Crippen LogP contribution >= 0.6 is 11.6 Å². The van der Waals surface area contributed by atoms with Crippen molar-refractivity contribution in [3.8, 4) is 0 Å². The molecule has 0 aromatic heterocycles. The average Bonchev–Trinajstić information content (AvgIpc) is 2.50. The van der Waals surface area contributed by atoms with Crippen LogP contribution in [0, 0.1) is 5.92 Å². The van der Waals surface area contributed by atoms with Crippen molar-refractivity contribution in [1.29, 1.82) is 0 Å². The van der Waals surface area contributed by atoms with Gasteiger partial charge in [-0.05, 0) is 43.7 Å². The van der Waals surface area contributed by atoms with Crippen LogP contribution in [-0.4, -0.2) is 24.4 Å². The Morgan fingerprint density at radius 1 is 1.18 bits per heavy atom. The summed E-state index contributed by atoms with van der Waals surface area (Å²) in [4.78, 5) is 23.8. The lowest BCUT2D eigenvalue weighted by atomic mass is 9.87. The van der Waals surface area contributed by atoms with Crippen LogP contribution in [-0.2, 0) is 4.79 Å². The van der Waals surface area contributed by atoms with Crippen LogP contribution in [0.15, 0.2) is 24.3 Å². The van der Waals surface area contributed by atoms with E-state index in [4.69, 9.17) is 11.6 Å². The molecule has 1 fully saturated rings. The molecule has 0 atom stereocenters. The Bertz CT molecular complexity index is 525. The molecule has 120 valence electrons. The topological polar surface area (TPSA) is 58.2 Å². The van der Waals surface area contributed by atoms with E-state index in [1.165, 1.54) is 12.8 Å². The minimum atomic E-state index is -0.245. The van der Waals surface area contributed by atoms with Crippen LogP contribution in [0.4, 0.5) is 0 Å². The van der Waals surface area contributed by atoms with Gasteiger partial charge < -0.3 is 10.6 Å². The van der Waals surface area contributed by atoms with E-state index in [1.807, 2.05) is 0 Å². The van der Waals surface area contributed by atoms with Gasteiger partial charge >= 0.3 is 0 Å². The minimum absolute atomic E-state index is 0.000915. The minimum Gasteiger partial charge on any atom is -0.353 e. The molecule has 0 heterocycles. The van der Waals surface area contributed by atoms with Crippen LogP contribution in [0.3, 0.4) is 0 Å². The maximum atomic E-state index is 11.9. The molecule has 0 radical (unpaired) electrons. The summed E-state index contributed by atoms with van der Waals surface area (Å²) < 4.78 is 0. The molecular formula is C17H23ClN2O2. The van der Waals surface area contributed by atoms with E-state index in [0.717, 1.165) is 18.8 Å². The van der Waals surface area contributed by atoms with Gasteiger partial charge in [-0.25, -0.2) is 0 Å². The van der Waals surface area contributed by atoms with Crippen molar-refractivity contribution in [2.75, 3.05) is 6.54 Å². The molecule has 1 aromatic rings. The maximum absolute atomic E-state index is 11.9. The number of halogens is 1. The SMILES string of the molecule is CC1CCC(NC(=O)CCNC(=O)c2ccccc2Cl)CC1. The van der Waals surface area contributed by atoms with E-state index in [2.05, 4.69) is 17.6 Å². The van der Waals surface area contributed by atoms with E-state index in [-0.39, 0.29) is 11.8 Å². The molecule has 2 N–H and O–H groups in total. The van der Waals surface area contributed by atoms with Crippen LogP contribution in [0.5, 0.6) is 0 Å². The summed E-state index contributed by atoms with van der Waals surface area (Å²) in [5, 5.41) is 6.20. The highest BCUT2D eigenvalue weighted by atomic mass is 35.5. The van der Waals surface area contributed by atoms with Crippen molar-refractivity contribution in [3.05, 3.63) is 34.9 Å². The Morgan fingerprint density at radius 3 is 2.55 bits per heavy atom. The highest BCUT2D eigenvalue weighted by molar-refractivity contribution is 6.33. The van der Waals surface area contributed by atoms with E-state index in [9.17, 15) is 9.59 Å². The van der Waals surface area contributed by atoms with Crippen molar-refractivity contribution in [3.63, 3.8) is 0 Å². The second kappa shape index (κ2) is 8.18. The molecule has 2 rings (SSSR count). The highest BCUT2D eigenvalue weighted by Crippen LogP contribution is 2.23. The summed E-state index contributed by atoms with van der Waals surface area (Å²) in [6, 6.07) is 7.17. The van der Waals surface area contributed by atoms with E-state index < -0.39 is 0 Å². The average molecular weight is 323 g/mol. The molecule has 0 aliphatic heterocycles. The second-order valence-corrected chi connectivity index (χ2v) is 6.42. The molecule has 0 bridgehead atoms. The number of hydrogen-bond acceptors (Lipinski definition) is 2. The molecule has 0 spiro atoms. The molecular weight excluding hydrogens is 300 g/mol. The monoisotopic (exact) mass is 322 g/mol. The number of benzene rings is 1. The molecule has 1 aromatic carbocycles. The van der Waals surface area contributed by atoms with Crippen molar-refractivity contribution < 1.29 is 9.59 Å². The summed E-state index contributed by atoms with van der Waals surface area (Å²) in [6.45, 7) is 2.57. The van der Waals surface area contributed by atoms with Crippen LogP contribution in [0.2, 0.25) is 5.02 Å². The predicted molar refractivity (Wildman–Crippen MR) is 88.0 cm³/mol. The van der Waals surface area contributed by atoms with Crippen LogP contribution < -0.4 is 10.6 Å². The lowest BCUT2D eigenvalue weighted by molar-refractivity contribution is -0.121. The first-order chi connectivity index (χ1) is 10.6. The zero-order valence-corrected chi connectivity index (χ0v) is 13.7. The van der Waals surface area contributed by atoms with Crippen molar-refractivity contribution >= 4 is 23.4 Å². The smallest absolute Gasteiger partial charge is 0.252 e. The Hall–Kier alpha value is -1.55. The van der Waals surface area contributed by atoms with Crippen LogP contribution in [0.1, 0.15) is 49.4 Å². The van der Waals surface area contributed by atoms with Crippen LogP contribution in [0.25, 0.3) is 0 Å². The van der Waals surface area contributed by atoms with Gasteiger partial charge in [0, 0.05) is 19.0 Å². The van der Waals surface area contributed by atoms with Crippen molar-refractivity contribution in [2.45, 2.75) is 45.1 Å². The Kier molecular flexibility index (Phi) is 6.25. The molecule has 5 heteroatoms. The third-order valence-corrected chi connectivity index (χ3v) is 4.47. The zero-order valence-electron chi connectivity index (χ0n) is 12.9. The first kappa shape index (κ1) is 16.8. The number of carbonyl (C=O) groups is 2. The molecule has 0 unspecified atom stereocenters. The largest absolute Gasteiger partial charge is 0.353 e. The first-order valence-electron chi connectivity index (χ1n) is 7.88. The summed E-state index contributed by atoms with van der Waals surface area (Å²) in [5.41, 5.74) is 0.436. The van der Waals surface area contributed by atoms with Gasteiger partial charge in [0.05, 0.1) is 10.6 Å². The summed E-state index contributed by atoms with van der Waals surface area (Å²) in [5.74, 6) is 0.520. The predicted octanol–water partition coefficient (Wildman–Crippen LogP) is 3.15. The second-order valence-electron chi connectivity index (χ2n) is 6.01. The zero-order chi connectivity index (χ0) is 15.9. The molecule has 22 heavy (non-hydrogen) atoms. The lowest BCUT2D eigenvalue weighted by Crippen LogP contribution is -2.39. The van der Waals surface area contributed by atoms with E-state index >= 15 is 0 Å². The molecule has 2 amide bonds. The van der Waals surface area contributed by atoms with Gasteiger partial charge in [-0.15, -0.1) is 0 Å². The first-order valence-corrected chi connectivity index (χ1v) is 8.26. The standard InChI is InChI=1S/C17H23ClN2O2/c1-12-6-8-13(9-7-12)20-16(21)10-11-19-17(22)14-4-2-3-5-15(14)18/h2-5,12-13H,6-11H2,1H3,(H,19,22)(H,20,21). The highest BCUT2D eigenvalue weighted by Gasteiger charge is 2.19. The summed E-state index contributed by atoms with van der Waals surface area (Å²) >= 11 is 5.96. The van der Waals surface area contributed by atoms with Gasteiger partial charge in [0.25, 0.3) is 5.91 Å². The number of nitrogens with one attached hydrogen (secondary N) is 2. The Labute approximate surface area is 136 Å². The molecule has 4 nitrogen and oxygen atoms in total. The fourth-order valence-corrected chi connectivity index (χ4v) is 2.96.